The van der Waals surface area contributed by atoms with Crippen LogP contribution in [0.2, 0.25) is 0 Å². The Hall–Kier alpha value is -1.84. The Bertz CT molecular complexity index is 529. The van der Waals surface area contributed by atoms with Crippen LogP contribution in [0.5, 0.6) is 0 Å². The van der Waals surface area contributed by atoms with Gasteiger partial charge in [-0.25, -0.2) is 4.98 Å². The third kappa shape index (κ3) is 1.91. The van der Waals surface area contributed by atoms with Crippen molar-refractivity contribution < 1.29 is 9.90 Å². The summed E-state index contributed by atoms with van der Waals surface area (Å²) in [4.78, 5) is 15.2. The molecule has 1 N–H and O–H groups in total. The number of carboxylic acid groups (broad SMARTS) is 1. The molecule has 0 aliphatic carbocycles. The Morgan fingerprint density at radius 1 is 1.50 bits per heavy atom. The molecule has 0 fully saturated rings. The minimum Gasteiger partial charge on any atom is -0.481 e. The molecular formula is C12H14N2O2. The van der Waals surface area contributed by atoms with Gasteiger partial charge >= 0.3 is 5.97 Å². The number of nitrogens with zero attached hydrogens (tertiary/aromatic N) is 2. The van der Waals surface area contributed by atoms with Gasteiger partial charge in [0.15, 0.2) is 0 Å². The molecule has 0 unspecified atom stereocenters. The number of aromatic nitrogens is 2. The molecule has 0 atom stereocenters. The maximum absolute atomic E-state index is 10.7. The predicted molar refractivity (Wildman–Crippen MR) is 60.6 cm³/mol. The van der Waals surface area contributed by atoms with Gasteiger partial charge in [-0.05, 0) is 18.1 Å². The van der Waals surface area contributed by atoms with E-state index in [1.807, 2.05) is 28.8 Å². The number of hydrogen-bond acceptors (Lipinski definition) is 2. The molecule has 4 nitrogen and oxygen atoms in total. The van der Waals surface area contributed by atoms with E-state index in [9.17, 15) is 4.79 Å². The predicted octanol–water partition coefficient (Wildman–Crippen LogP) is 2.08. The first kappa shape index (κ1) is 10.7. The largest absolute Gasteiger partial charge is 0.481 e. The van der Waals surface area contributed by atoms with E-state index >= 15 is 0 Å². The highest BCUT2D eigenvalue weighted by Crippen LogP contribution is 2.16. The van der Waals surface area contributed by atoms with Gasteiger partial charge in [0.05, 0.1) is 12.1 Å². The van der Waals surface area contributed by atoms with Crippen molar-refractivity contribution in [3.8, 4) is 0 Å². The highest BCUT2D eigenvalue weighted by molar-refractivity contribution is 5.70. The Morgan fingerprint density at radius 2 is 2.25 bits per heavy atom. The van der Waals surface area contributed by atoms with Crippen molar-refractivity contribution in [3.05, 3.63) is 35.8 Å². The van der Waals surface area contributed by atoms with Crippen LogP contribution in [0.15, 0.2) is 24.4 Å². The lowest BCUT2D eigenvalue weighted by Gasteiger charge is -2.01. The van der Waals surface area contributed by atoms with Crippen LogP contribution in [0.1, 0.15) is 31.2 Å². The molecule has 0 saturated carbocycles. The lowest BCUT2D eigenvalue weighted by atomic mass is 10.2. The maximum atomic E-state index is 10.7. The molecule has 0 aliphatic rings. The average Bonchev–Trinajstić information content (AvgIpc) is 2.61. The summed E-state index contributed by atoms with van der Waals surface area (Å²) in [6.45, 7) is 4.14. The summed E-state index contributed by atoms with van der Waals surface area (Å²) in [5, 5.41) is 8.81. The number of carbonyl (C=O) groups is 1. The number of hydrogen-bond donors (Lipinski definition) is 1. The molecule has 0 bridgehead atoms. The zero-order valence-electron chi connectivity index (χ0n) is 9.34. The maximum Gasteiger partial charge on any atom is 0.309 e. The third-order valence-corrected chi connectivity index (χ3v) is 2.52. The van der Waals surface area contributed by atoms with Crippen LogP contribution in [0, 0.1) is 0 Å². The van der Waals surface area contributed by atoms with Gasteiger partial charge in [0.2, 0.25) is 0 Å². The van der Waals surface area contributed by atoms with Crippen molar-refractivity contribution in [1.82, 2.24) is 9.38 Å². The van der Waals surface area contributed by atoms with Gasteiger partial charge in [-0.3, -0.25) is 4.79 Å². The van der Waals surface area contributed by atoms with E-state index < -0.39 is 5.97 Å². The minimum atomic E-state index is -0.827. The average molecular weight is 218 g/mol. The standard InChI is InChI=1S/C12H14N2O2/c1-8(2)10-7-14-9(6-12(15)16)4-3-5-11(14)13-10/h3-5,7-8H,6H2,1-2H3,(H,15,16). The Morgan fingerprint density at radius 3 is 2.88 bits per heavy atom. The monoisotopic (exact) mass is 218 g/mol. The van der Waals surface area contributed by atoms with Gasteiger partial charge in [-0.2, -0.15) is 0 Å². The first-order valence-corrected chi connectivity index (χ1v) is 5.26. The topological polar surface area (TPSA) is 54.6 Å². The zero-order valence-corrected chi connectivity index (χ0v) is 9.34. The van der Waals surface area contributed by atoms with Crippen molar-refractivity contribution >= 4 is 11.6 Å². The second kappa shape index (κ2) is 3.96. The number of pyridine rings is 1. The van der Waals surface area contributed by atoms with Gasteiger partial charge in [0.1, 0.15) is 5.65 Å². The Balaban J connectivity index is 2.54. The van der Waals surface area contributed by atoms with Crippen LogP contribution in [0.4, 0.5) is 0 Å². The van der Waals surface area contributed by atoms with Crippen LogP contribution in [0.25, 0.3) is 5.65 Å². The van der Waals surface area contributed by atoms with Crippen LogP contribution < -0.4 is 0 Å². The molecule has 0 amide bonds. The van der Waals surface area contributed by atoms with Gasteiger partial charge in [-0.15, -0.1) is 0 Å². The Kier molecular flexibility index (Phi) is 2.64. The number of imidazole rings is 1. The molecule has 0 radical (unpaired) electrons. The van der Waals surface area contributed by atoms with Gasteiger partial charge in [-0.1, -0.05) is 19.9 Å². The molecule has 0 aromatic carbocycles. The normalized spacial score (nSPS) is 11.2. The van der Waals surface area contributed by atoms with Gasteiger partial charge in [0.25, 0.3) is 0 Å². The molecule has 2 heterocycles. The smallest absolute Gasteiger partial charge is 0.309 e. The summed E-state index contributed by atoms with van der Waals surface area (Å²) in [7, 11) is 0. The van der Waals surface area contributed by atoms with Crippen LogP contribution in [-0.4, -0.2) is 20.5 Å². The molecular weight excluding hydrogens is 204 g/mol. The quantitative estimate of drug-likeness (QED) is 0.858. The summed E-state index contributed by atoms with van der Waals surface area (Å²) in [6.07, 6.45) is 1.93. The zero-order chi connectivity index (χ0) is 11.7. The molecule has 16 heavy (non-hydrogen) atoms. The molecule has 2 aromatic rings. The van der Waals surface area contributed by atoms with E-state index in [1.165, 1.54) is 0 Å². The van der Waals surface area contributed by atoms with Crippen molar-refractivity contribution in [2.45, 2.75) is 26.2 Å². The second-order valence-electron chi connectivity index (χ2n) is 4.14. The molecule has 0 saturated heterocycles. The van der Waals surface area contributed by atoms with Gasteiger partial charge in [0, 0.05) is 11.9 Å². The van der Waals surface area contributed by atoms with Crippen LogP contribution in [-0.2, 0) is 11.2 Å². The van der Waals surface area contributed by atoms with Gasteiger partial charge < -0.3 is 9.51 Å². The van der Waals surface area contributed by atoms with Crippen LogP contribution >= 0.6 is 0 Å². The van der Waals surface area contributed by atoms with Crippen LogP contribution in [0.3, 0.4) is 0 Å². The van der Waals surface area contributed by atoms with E-state index in [1.54, 1.807) is 0 Å². The molecule has 2 rings (SSSR count). The van der Waals surface area contributed by atoms with E-state index in [-0.39, 0.29) is 6.42 Å². The SMILES string of the molecule is CC(C)c1cn2c(CC(=O)O)cccc2n1. The fraction of sp³-hybridized carbons (Fsp3) is 0.333. The molecule has 0 aliphatic heterocycles. The van der Waals surface area contributed by atoms with Crippen molar-refractivity contribution in [1.29, 1.82) is 0 Å². The summed E-state index contributed by atoms with van der Waals surface area (Å²) < 4.78 is 1.85. The summed E-state index contributed by atoms with van der Waals surface area (Å²) in [6, 6.07) is 5.54. The Labute approximate surface area is 93.5 Å². The lowest BCUT2D eigenvalue weighted by Crippen LogP contribution is -2.04. The second-order valence-corrected chi connectivity index (χ2v) is 4.14. The fourth-order valence-corrected chi connectivity index (χ4v) is 1.66. The molecule has 2 aromatic heterocycles. The first-order chi connectivity index (χ1) is 7.58. The molecule has 0 spiro atoms. The highest BCUT2D eigenvalue weighted by Gasteiger charge is 2.09. The molecule has 84 valence electrons. The number of rotatable bonds is 3. The van der Waals surface area contributed by atoms with Crippen molar-refractivity contribution in [3.63, 3.8) is 0 Å². The summed E-state index contributed by atoms with van der Waals surface area (Å²) in [5.74, 6) is -0.482. The van der Waals surface area contributed by atoms with E-state index in [0.717, 1.165) is 17.0 Å². The van der Waals surface area contributed by atoms with Crippen molar-refractivity contribution in [2.24, 2.45) is 0 Å². The van der Waals surface area contributed by atoms with E-state index in [4.69, 9.17) is 5.11 Å². The number of carboxylic acids is 1. The van der Waals surface area contributed by atoms with E-state index in [0.29, 0.717) is 5.92 Å². The minimum absolute atomic E-state index is 0.0191. The summed E-state index contributed by atoms with van der Waals surface area (Å²) >= 11 is 0. The van der Waals surface area contributed by atoms with Crippen molar-refractivity contribution in [2.75, 3.05) is 0 Å². The fourth-order valence-electron chi connectivity index (χ4n) is 1.66. The number of aliphatic carboxylic acids is 1. The summed E-state index contributed by atoms with van der Waals surface area (Å²) in [5.41, 5.74) is 2.55. The first-order valence-electron chi connectivity index (χ1n) is 5.26. The number of fused-ring (bicyclic) bond motifs is 1. The lowest BCUT2D eigenvalue weighted by molar-refractivity contribution is -0.136. The highest BCUT2D eigenvalue weighted by atomic mass is 16.4. The third-order valence-electron chi connectivity index (χ3n) is 2.52. The van der Waals surface area contributed by atoms with E-state index in [2.05, 4.69) is 18.8 Å². The molecule has 4 heteroatoms.